The standard InChI is InChI=1S/C13H21BrOSi.C4H4BrNO2/c1-13(2,3)16(4,5)15-12-8-6-7-11(9-12)10-14;5-6-3(7)1-2-4(6)8/h6-9H,10H2,1-5H3;1-2H2. The van der Waals surface area contributed by atoms with Gasteiger partial charge in [-0.2, -0.15) is 0 Å². The third kappa shape index (κ3) is 6.00. The Kier molecular flexibility index (Phi) is 7.68. The Balaban J connectivity index is 0.000000300. The van der Waals surface area contributed by atoms with E-state index in [9.17, 15) is 9.59 Å². The zero-order valence-electron chi connectivity index (χ0n) is 14.9. The van der Waals surface area contributed by atoms with Crippen LogP contribution >= 0.6 is 32.1 Å². The maximum Gasteiger partial charge on any atom is 0.250 e. The third-order valence-electron chi connectivity index (χ3n) is 4.22. The van der Waals surface area contributed by atoms with Crippen molar-refractivity contribution in [3.05, 3.63) is 29.8 Å². The monoisotopic (exact) mass is 477 g/mol. The molecule has 0 N–H and O–H groups in total. The van der Waals surface area contributed by atoms with E-state index in [0.717, 1.165) is 15.0 Å². The summed E-state index contributed by atoms with van der Waals surface area (Å²) in [6.07, 6.45) is 0.703. The molecule has 1 aromatic rings. The maximum absolute atomic E-state index is 10.4. The average molecular weight is 479 g/mol. The second-order valence-corrected chi connectivity index (χ2v) is 13.2. The fourth-order valence-corrected chi connectivity index (χ4v) is 3.41. The van der Waals surface area contributed by atoms with E-state index in [2.05, 4.69) is 84.1 Å². The summed E-state index contributed by atoms with van der Waals surface area (Å²) in [6.45, 7) is 11.3. The molecule has 1 aromatic carbocycles. The normalized spacial score (nSPS) is 15.2. The summed E-state index contributed by atoms with van der Waals surface area (Å²) >= 11 is 6.27. The Morgan fingerprint density at radius 2 is 1.71 bits per heavy atom. The molecule has 4 nitrogen and oxygen atoms in total. The molecule has 0 aliphatic carbocycles. The van der Waals surface area contributed by atoms with Crippen molar-refractivity contribution in [3.63, 3.8) is 0 Å². The van der Waals surface area contributed by atoms with Gasteiger partial charge in [-0.3, -0.25) is 9.59 Å². The van der Waals surface area contributed by atoms with Crippen molar-refractivity contribution in [2.75, 3.05) is 0 Å². The van der Waals surface area contributed by atoms with Crippen LogP contribution in [-0.4, -0.2) is 24.1 Å². The predicted molar refractivity (Wildman–Crippen MR) is 107 cm³/mol. The van der Waals surface area contributed by atoms with Gasteiger partial charge in [-0.25, -0.2) is 3.93 Å². The summed E-state index contributed by atoms with van der Waals surface area (Å²) in [5.74, 6) is 0.716. The maximum atomic E-state index is 10.4. The van der Waals surface area contributed by atoms with E-state index in [0.29, 0.717) is 12.8 Å². The van der Waals surface area contributed by atoms with Crippen LogP contribution in [0.5, 0.6) is 5.75 Å². The number of rotatable bonds is 3. The molecule has 0 aromatic heterocycles. The zero-order valence-corrected chi connectivity index (χ0v) is 19.0. The van der Waals surface area contributed by atoms with Gasteiger partial charge in [-0.15, -0.1) is 0 Å². The highest BCUT2D eigenvalue weighted by Crippen LogP contribution is 2.37. The third-order valence-corrected chi connectivity index (χ3v) is 10.0. The number of carbonyl (C=O) groups excluding carboxylic acids is 2. The van der Waals surface area contributed by atoms with E-state index in [1.807, 2.05) is 6.07 Å². The van der Waals surface area contributed by atoms with E-state index in [4.69, 9.17) is 4.43 Å². The molecular formula is C17H25Br2NO3Si. The number of halogens is 2. The molecule has 0 spiro atoms. The molecule has 0 bridgehead atoms. The van der Waals surface area contributed by atoms with Gasteiger partial charge in [0.1, 0.15) is 5.75 Å². The quantitative estimate of drug-likeness (QED) is 0.252. The van der Waals surface area contributed by atoms with Crippen LogP contribution in [-0.2, 0) is 14.9 Å². The van der Waals surface area contributed by atoms with Gasteiger partial charge in [0.15, 0.2) is 0 Å². The second kappa shape index (κ2) is 8.63. The molecule has 0 unspecified atom stereocenters. The highest BCUT2D eigenvalue weighted by Gasteiger charge is 2.38. The lowest BCUT2D eigenvalue weighted by molar-refractivity contribution is -0.131. The van der Waals surface area contributed by atoms with E-state index in [1.165, 1.54) is 5.56 Å². The fraction of sp³-hybridized carbons (Fsp3) is 0.529. The largest absolute Gasteiger partial charge is 0.543 e. The van der Waals surface area contributed by atoms with Crippen molar-refractivity contribution in [1.82, 2.24) is 3.93 Å². The molecule has 24 heavy (non-hydrogen) atoms. The van der Waals surface area contributed by atoms with Crippen molar-refractivity contribution < 1.29 is 14.0 Å². The molecule has 1 aliphatic heterocycles. The summed E-state index contributed by atoms with van der Waals surface area (Å²) in [7, 11) is -1.70. The summed E-state index contributed by atoms with van der Waals surface area (Å²) in [4.78, 5) is 20.9. The highest BCUT2D eigenvalue weighted by atomic mass is 79.9. The number of carbonyl (C=O) groups is 2. The van der Waals surface area contributed by atoms with Gasteiger partial charge in [0, 0.05) is 18.2 Å². The fourth-order valence-electron chi connectivity index (χ4n) is 1.69. The first-order valence-electron chi connectivity index (χ1n) is 7.83. The van der Waals surface area contributed by atoms with Crippen LogP contribution in [0, 0.1) is 0 Å². The Labute approximate surface area is 162 Å². The number of imide groups is 1. The molecule has 0 radical (unpaired) electrons. The first kappa shape index (κ1) is 21.4. The van der Waals surface area contributed by atoms with Gasteiger partial charge in [0.2, 0.25) is 20.1 Å². The molecule has 2 amide bonds. The minimum absolute atomic E-state index is 0.144. The Morgan fingerprint density at radius 3 is 2.08 bits per heavy atom. The van der Waals surface area contributed by atoms with Gasteiger partial charge in [-0.05, 0) is 35.8 Å². The van der Waals surface area contributed by atoms with Crippen molar-refractivity contribution in [3.8, 4) is 5.75 Å². The number of hydrogen-bond donors (Lipinski definition) is 0. The lowest BCUT2D eigenvalue weighted by atomic mass is 10.2. The number of benzene rings is 1. The summed E-state index contributed by atoms with van der Waals surface area (Å²) in [5, 5.41) is 1.12. The zero-order chi connectivity index (χ0) is 18.5. The van der Waals surface area contributed by atoms with Crippen LogP contribution in [0.1, 0.15) is 39.2 Å². The minimum Gasteiger partial charge on any atom is -0.543 e. The number of nitrogens with zero attached hydrogens (tertiary/aromatic N) is 1. The van der Waals surface area contributed by atoms with E-state index >= 15 is 0 Å². The molecule has 0 saturated carbocycles. The average Bonchev–Trinajstić information content (AvgIpc) is 2.78. The highest BCUT2D eigenvalue weighted by molar-refractivity contribution is 9.08. The first-order chi connectivity index (χ1) is 11.0. The first-order valence-corrected chi connectivity index (χ1v) is 12.6. The van der Waals surface area contributed by atoms with Gasteiger partial charge in [0.25, 0.3) is 0 Å². The number of hydrogen-bond acceptors (Lipinski definition) is 3. The lowest BCUT2D eigenvalue weighted by Gasteiger charge is -2.36. The Morgan fingerprint density at radius 1 is 1.17 bits per heavy atom. The summed E-state index contributed by atoms with van der Waals surface area (Å²) in [5.41, 5.74) is 1.26. The van der Waals surface area contributed by atoms with E-state index in [-0.39, 0.29) is 16.9 Å². The van der Waals surface area contributed by atoms with Crippen molar-refractivity contribution in [2.24, 2.45) is 0 Å². The van der Waals surface area contributed by atoms with Crippen LogP contribution in [0.4, 0.5) is 0 Å². The van der Waals surface area contributed by atoms with Crippen molar-refractivity contribution >= 4 is 52.2 Å². The van der Waals surface area contributed by atoms with Gasteiger partial charge < -0.3 is 4.43 Å². The Bertz CT molecular complexity index is 584. The summed E-state index contributed by atoms with van der Waals surface area (Å²) in [6, 6.07) is 8.33. The van der Waals surface area contributed by atoms with Gasteiger partial charge in [0.05, 0.1) is 16.1 Å². The van der Waals surface area contributed by atoms with Crippen molar-refractivity contribution in [1.29, 1.82) is 0 Å². The summed E-state index contributed by atoms with van der Waals surface area (Å²) < 4.78 is 7.21. The Hall–Kier alpha value is -0.663. The van der Waals surface area contributed by atoms with Crippen LogP contribution in [0.15, 0.2) is 24.3 Å². The molecule has 134 valence electrons. The number of amides is 2. The van der Waals surface area contributed by atoms with Crippen LogP contribution in [0.2, 0.25) is 18.1 Å². The number of alkyl halides is 1. The second-order valence-electron chi connectivity index (χ2n) is 7.21. The predicted octanol–water partition coefficient (Wildman–Crippen LogP) is 5.41. The van der Waals surface area contributed by atoms with E-state index < -0.39 is 8.32 Å². The van der Waals surface area contributed by atoms with Crippen LogP contribution in [0.3, 0.4) is 0 Å². The van der Waals surface area contributed by atoms with Gasteiger partial charge >= 0.3 is 0 Å². The SMILES string of the molecule is CC(C)(C)[Si](C)(C)Oc1cccc(CBr)c1.O=C1CCC(=O)N1Br. The van der Waals surface area contributed by atoms with E-state index in [1.54, 1.807) is 0 Å². The molecule has 1 heterocycles. The molecule has 0 atom stereocenters. The van der Waals surface area contributed by atoms with Crippen LogP contribution < -0.4 is 4.43 Å². The molecule has 1 fully saturated rings. The molecule has 1 aliphatic rings. The molecule has 7 heteroatoms. The molecular weight excluding hydrogens is 454 g/mol. The topological polar surface area (TPSA) is 46.6 Å². The van der Waals surface area contributed by atoms with Crippen LogP contribution in [0.25, 0.3) is 0 Å². The lowest BCUT2D eigenvalue weighted by Crippen LogP contribution is -2.43. The molecule has 1 saturated heterocycles. The smallest absolute Gasteiger partial charge is 0.250 e. The minimum atomic E-state index is -1.70. The van der Waals surface area contributed by atoms with Gasteiger partial charge in [-0.1, -0.05) is 48.8 Å². The molecule has 2 rings (SSSR count). The van der Waals surface area contributed by atoms with Crippen molar-refractivity contribution in [2.45, 2.75) is 57.1 Å².